The number of furan rings is 1. The smallest absolute Gasteiger partial charge is 0.342 e. The van der Waals surface area contributed by atoms with E-state index in [9.17, 15) is 9.90 Å². The standard InChI is InChI=1S/C24H27NO4/c1-3-28-24(27)22-21-18(15-25-14-8-7-9-16(25)2)19(26)12-13-20(21)29-23(22)17-10-5-4-6-11-17/h4-6,10-13,16,26H,3,7-9,14-15H2,1-2H3. The lowest BCUT2D eigenvalue weighted by molar-refractivity contribution is 0.0528. The van der Waals surface area contributed by atoms with Gasteiger partial charge in [-0.2, -0.15) is 0 Å². The Morgan fingerprint density at radius 2 is 2.00 bits per heavy atom. The van der Waals surface area contributed by atoms with Gasteiger partial charge in [0.2, 0.25) is 0 Å². The molecule has 1 aliphatic rings. The number of hydrogen-bond acceptors (Lipinski definition) is 5. The molecule has 5 heteroatoms. The van der Waals surface area contributed by atoms with Gasteiger partial charge < -0.3 is 14.3 Å². The van der Waals surface area contributed by atoms with Crippen molar-refractivity contribution in [2.24, 2.45) is 0 Å². The molecule has 1 aromatic heterocycles. The topological polar surface area (TPSA) is 62.9 Å². The van der Waals surface area contributed by atoms with Gasteiger partial charge in [-0.3, -0.25) is 4.90 Å². The second kappa shape index (κ2) is 8.29. The summed E-state index contributed by atoms with van der Waals surface area (Å²) in [5.41, 5.74) is 2.52. The zero-order valence-electron chi connectivity index (χ0n) is 17.0. The van der Waals surface area contributed by atoms with Gasteiger partial charge in [0.25, 0.3) is 0 Å². The number of likely N-dealkylation sites (tertiary alicyclic amines) is 1. The number of rotatable bonds is 5. The molecule has 0 aliphatic carbocycles. The molecular formula is C24H27NO4. The molecule has 2 heterocycles. The molecule has 1 aliphatic heterocycles. The van der Waals surface area contributed by atoms with E-state index < -0.39 is 5.97 Å². The summed E-state index contributed by atoms with van der Waals surface area (Å²) in [6, 6.07) is 13.4. The normalized spacial score (nSPS) is 17.5. The number of phenols is 1. The van der Waals surface area contributed by atoms with E-state index >= 15 is 0 Å². The van der Waals surface area contributed by atoms with E-state index in [4.69, 9.17) is 9.15 Å². The first kappa shape index (κ1) is 19.5. The minimum absolute atomic E-state index is 0.182. The number of fused-ring (bicyclic) bond motifs is 1. The summed E-state index contributed by atoms with van der Waals surface area (Å²) in [5, 5.41) is 11.4. The van der Waals surface area contributed by atoms with Crippen molar-refractivity contribution < 1.29 is 19.1 Å². The number of benzene rings is 2. The molecule has 0 saturated carbocycles. The summed E-state index contributed by atoms with van der Waals surface area (Å²) in [4.78, 5) is 15.3. The van der Waals surface area contributed by atoms with Crippen LogP contribution in [-0.2, 0) is 11.3 Å². The van der Waals surface area contributed by atoms with Crippen molar-refractivity contribution in [3.8, 4) is 17.1 Å². The lowest BCUT2D eigenvalue weighted by atomic mass is 9.98. The SMILES string of the molecule is CCOC(=O)c1c(-c2ccccc2)oc2ccc(O)c(CN3CCCCC3C)c12. The molecule has 1 unspecified atom stereocenters. The van der Waals surface area contributed by atoms with E-state index in [2.05, 4.69) is 11.8 Å². The highest BCUT2D eigenvalue weighted by Crippen LogP contribution is 2.40. The number of carbonyl (C=O) groups excluding carboxylic acids is 1. The van der Waals surface area contributed by atoms with Crippen molar-refractivity contribution in [2.45, 2.75) is 45.7 Å². The molecule has 3 aromatic rings. The molecule has 0 radical (unpaired) electrons. The second-order valence-corrected chi connectivity index (χ2v) is 7.64. The van der Waals surface area contributed by atoms with Crippen LogP contribution in [0.1, 0.15) is 49.0 Å². The average Bonchev–Trinajstić information content (AvgIpc) is 3.12. The summed E-state index contributed by atoms with van der Waals surface area (Å²) < 4.78 is 11.5. The van der Waals surface area contributed by atoms with Gasteiger partial charge in [0, 0.05) is 29.1 Å². The Morgan fingerprint density at radius 3 is 2.72 bits per heavy atom. The third kappa shape index (κ3) is 3.75. The number of nitrogens with zero attached hydrogens (tertiary/aromatic N) is 1. The largest absolute Gasteiger partial charge is 0.508 e. The van der Waals surface area contributed by atoms with Gasteiger partial charge in [0.1, 0.15) is 22.7 Å². The lowest BCUT2D eigenvalue weighted by Gasteiger charge is -2.33. The van der Waals surface area contributed by atoms with Gasteiger partial charge >= 0.3 is 5.97 Å². The number of carbonyl (C=O) groups is 1. The van der Waals surface area contributed by atoms with Crippen molar-refractivity contribution in [2.75, 3.05) is 13.2 Å². The van der Waals surface area contributed by atoms with Crippen LogP contribution in [-0.4, -0.2) is 35.2 Å². The predicted molar refractivity (Wildman–Crippen MR) is 113 cm³/mol. The third-order valence-electron chi connectivity index (χ3n) is 5.76. The Morgan fingerprint density at radius 1 is 1.21 bits per heavy atom. The first-order valence-electron chi connectivity index (χ1n) is 10.3. The highest BCUT2D eigenvalue weighted by molar-refractivity contribution is 6.10. The molecule has 0 bridgehead atoms. The van der Waals surface area contributed by atoms with Gasteiger partial charge in [0.15, 0.2) is 0 Å². The lowest BCUT2D eigenvalue weighted by Crippen LogP contribution is -2.36. The Kier molecular flexibility index (Phi) is 5.58. The van der Waals surface area contributed by atoms with Crippen LogP contribution >= 0.6 is 0 Å². The Hall–Kier alpha value is -2.79. The molecule has 2 aromatic carbocycles. The number of phenolic OH excluding ortho intramolecular Hbond substituents is 1. The van der Waals surface area contributed by atoms with E-state index in [0.717, 1.165) is 30.5 Å². The summed E-state index contributed by atoms with van der Waals surface area (Å²) in [7, 11) is 0. The van der Waals surface area contributed by atoms with Gasteiger partial charge in [0.05, 0.1) is 6.61 Å². The molecule has 29 heavy (non-hydrogen) atoms. The molecule has 1 saturated heterocycles. The monoisotopic (exact) mass is 393 g/mol. The minimum atomic E-state index is -0.427. The van der Waals surface area contributed by atoms with Crippen LogP contribution in [0.2, 0.25) is 0 Å². The van der Waals surface area contributed by atoms with E-state index in [0.29, 0.717) is 34.9 Å². The molecule has 4 rings (SSSR count). The van der Waals surface area contributed by atoms with Crippen molar-refractivity contribution in [1.29, 1.82) is 0 Å². The number of ether oxygens (including phenoxy) is 1. The number of piperidine rings is 1. The molecule has 152 valence electrons. The molecule has 0 amide bonds. The van der Waals surface area contributed by atoms with Crippen molar-refractivity contribution in [3.63, 3.8) is 0 Å². The first-order chi connectivity index (χ1) is 14.1. The Labute approximate surface area is 170 Å². The number of hydrogen-bond donors (Lipinski definition) is 1. The summed E-state index contributed by atoms with van der Waals surface area (Å²) in [6.07, 6.45) is 3.51. The van der Waals surface area contributed by atoms with Crippen molar-refractivity contribution in [3.05, 3.63) is 53.6 Å². The van der Waals surface area contributed by atoms with E-state index in [1.54, 1.807) is 19.1 Å². The van der Waals surface area contributed by atoms with E-state index in [1.165, 1.54) is 6.42 Å². The van der Waals surface area contributed by atoms with Crippen molar-refractivity contribution in [1.82, 2.24) is 4.90 Å². The molecule has 1 atom stereocenters. The molecule has 1 N–H and O–H groups in total. The molecule has 0 spiro atoms. The molecular weight excluding hydrogens is 366 g/mol. The minimum Gasteiger partial charge on any atom is -0.508 e. The van der Waals surface area contributed by atoms with Gasteiger partial charge in [-0.25, -0.2) is 4.79 Å². The fraction of sp³-hybridized carbons (Fsp3) is 0.375. The van der Waals surface area contributed by atoms with E-state index in [1.807, 2.05) is 30.3 Å². The summed E-state index contributed by atoms with van der Waals surface area (Å²) in [5.74, 6) is 0.238. The summed E-state index contributed by atoms with van der Waals surface area (Å²) >= 11 is 0. The summed E-state index contributed by atoms with van der Waals surface area (Å²) in [6.45, 7) is 5.83. The molecule has 1 fully saturated rings. The highest BCUT2D eigenvalue weighted by Gasteiger charge is 2.28. The quantitative estimate of drug-likeness (QED) is 0.592. The van der Waals surface area contributed by atoms with Gasteiger partial charge in [-0.15, -0.1) is 0 Å². The maximum absolute atomic E-state index is 13.0. The Balaban J connectivity index is 1.90. The van der Waals surface area contributed by atoms with E-state index in [-0.39, 0.29) is 12.4 Å². The maximum atomic E-state index is 13.0. The zero-order valence-corrected chi connectivity index (χ0v) is 17.0. The maximum Gasteiger partial charge on any atom is 0.342 e. The first-order valence-corrected chi connectivity index (χ1v) is 10.3. The van der Waals surface area contributed by atoms with Crippen LogP contribution in [0.3, 0.4) is 0 Å². The van der Waals surface area contributed by atoms with Crippen molar-refractivity contribution >= 4 is 16.9 Å². The second-order valence-electron chi connectivity index (χ2n) is 7.64. The number of esters is 1. The van der Waals surface area contributed by atoms with Crippen LogP contribution < -0.4 is 0 Å². The predicted octanol–water partition coefficient (Wildman–Crippen LogP) is 5.36. The van der Waals surface area contributed by atoms with Gasteiger partial charge in [-0.1, -0.05) is 36.8 Å². The third-order valence-corrected chi connectivity index (χ3v) is 5.76. The van der Waals surface area contributed by atoms with Crippen LogP contribution in [0.4, 0.5) is 0 Å². The fourth-order valence-corrected chi connectivity index (χ4v) is 4.20. The number of aromatic hydroxyl groups is 1. The average molecular weight is 393 g/mol. The van der Waals surface area contributed by atoms with Crippen LogP contribution in [0.25, 0.3) is 22.3 Å². The van der Waals surface area contributed by atoms with Crippen LogP contribution in [0, 0.1) is 0 Å². The zero-order chi connectivity index (χ0) is 20.4. The van der Waals surface area contributed by atoms with Crippen LogP contribution in [0.15, 0.2) is 46.9 Å². The fourth-order valence-electron chi connectivity index (χ4n) is 4.20. The van der Waals surface area contributed by atoms with Crippen LogP contribution in [0.5, 0.6) is 5.75 Å². The van der Waals surface area contributed by atoms with Gasteiger partial charge in [-0.05, 0) is 45.4 Å². The molecule has 5 nitrogen and oxygen atoms in total. The Bertz CT molecular complexity index is 1010. The highest BCUT2D eigenvalue weighted by atomic mass is 16.5.